The van der Waals surface area contributed by atoms with Crippen molar-refractivity contribution in [1.82, 2.24) is 0 Å². The first-order chi connectivity index (χ1) is 8.40. The summed E-state index contributed by atoms with van der Waals surface area (Å²) in [6, 6.07) is 5.02. The fourth-order valence-electron chi connectivity index (χ4n) is 2.09. The van der Waals surface area contributed by atoms with Crippen LogP contribution < -0.4 is 0 Å². The largest absolute Gasteiger partial charge is 0.480 e. The van der Waals surface area contributed by atoms with Crippen LogP contribution in [0.2, 0.25) is 0 Å². The lowest BCUT2D eigenvalue weighted by atomic mass is 9.75. The average molecular weight is 315 g/mol. The van der Waals surface area contributed by atoms with E-state index in [9.17, 15) is 19.8 Å². The molecule has 1 aromatic rings. The molecule has 18 heavy (non-hydrogen) atoms. The highest BCUT2D eigenvalue weighted by Gasteiger charge is 2.47. The summed E-state index contributed by atoms with van der Waals surface area (Å²) in [4.78, 5) is 22.9. The SMILES string of the molecule is CCc1cc(Br)ccc1C(CC)(C(=O)O)C(=O)O. The molecule has 0 unspecified atom stereocenters. The number of aliphatic carboxylic acids is 2. The molecule has 0 aliphatic rings. The highest BCUT2D eigenvalue weighted by atomic mass is 79.9. The summed E-state index contributed by atoms with van der Waals surface area (Å²) in [5, 5.41) is 18.7. The molecule has 2 N–H and O–H groups in total. The molecule has 0 aliphatic carbocycles. The van der Waals surface area contributed by atoms with E-state index >= 15 is 0 Å². The van der Waals surface area contributed by atoms with Gasteiger partial charge in [0.15, 0.2) is 5.41 Å². The summed E-state index contributed by atoms with van der Waals surface area (Å²) in [7, 11) is 0. The van der Waals surface area contributed by atoms with Gasteiger partial charge in [-0.2, -0.15) is 0 Å². The summed E-state index contributed by atoms with van der Waals surface area (Å²) in [6.45, 7) is 3.44. The number of aryl methyl sites for hydroxylation is 1. The molecular formula is C13H15BrO4. The van der Waals surface area contributed by atoms with Crippen LogP contribution in [0, 0.1) is 0 Å². The highest BCUT2D eigenvalue weighted by molar-refractivity contribution is 9.10. The first-order valence-electron chi connectivity index (χ1n) is 5.65. The second kappa shape index (κ2) is 5.52. The molecule has 0 heterocycles. The molecule has 0 amide bonds. The lowest BCUT2D eigenvalue weighted by Crippen LogP contribution is -2.44. The van der Waals surface area contributed by atoms with Crippen molar-refractivity contribution in [3.05, 3.63) is 33.8 Å². The number of carboxylic acid groups (broad SMARTS) is 2. The first kappa shape index (κ1) is 14.7. The Morgan fingerprint density at radius 3 is 2.17 bits per heavy atom. The topological polar surface area (TPSA) is 74.6 Å². The van der Waals surface area contributed by atoms with E-state index in [4.69, 9.17) is 0 Å². The molecule has 98 valence electrons. The summed E-state index contributed by atoms with van der Waals surface area (Å²) in [6.07, 6.45) is 0.587. The van der Waals surface area contributed by atoms with Crippen LogP contribution in [-0.4, -0.2) is 22.2 Å². The van der Waals surface area contributed by atoms with Crippen molar-refractivity contribution in [2.45, 2.75) is 32.1 Å². The third-order valence-electron chi connectivity index (χ3n) is 3.17. The lowest BCUT2D eigenvalue weighted by molar-refractivity contribution is -0.157. The van der Waals surface area contributed by atoms with E-state index in [1.807, 2.05) is 6.92 Å². The maximum Gasteiger partial charge on any atom is 0.325 e. The zero-order valence-electron chi connectivity index (χ0n) is 10.2. The van der Waals surface area contributed by atoms with Gasteiger partial charge in [-0.1, -0.05) is 35.8 Å². The third-order valence-corrected chi connectivity index (χ3v) is 3.66. The van der Waals surface area contributed by atoms with Gasteiger partial charge in [0, 0.05) is 4.47 Å². The van der Waals surface area contributed by atoms with E-state index in [2.05, 4.69) is 15.9 Å². The Morgan fingerprint density at radius 2 is 1.78 bits per heavy atom. The average Bonchev–Trinajstić information content (AvgIpc) is 2.31. The molecule has 0 bridgehead atoms. The van der Waals surface area contributed by atoms with Gasteiger partial charge < -0.3 is 10.2 Å². The van der Waals surface area contributed by atoms with Gasteiger partial charge in [-0.25, -0.2) is 0 Å². The van der Waals surface area contributed by atoms with Crippen molar-refractivity contribution in [1.29, 1.82) is 0 Å². The van der Waals surface area contributed by atoms with Gasteiger partial charge in [-0.15, -0.1) is 0 Å². The van der Waals surface area contributed by atoms with Gasteiger partial charge in [0.2, 0.25) is 0 Å². The van der Waals surface area contributed by atoms with Crippen molar-refractivity contribution >= 4 is 27.9 Å². The van der Waals surface area contributed by atoms with Gasteiger partial charge in [-0.3, -0.25) is 9.59 Å². The minimum absolute atomic E-state index is 0.00625. The van der Waals surface area contributed by atoms with Crippen LogP contribution in [0.15, 0.2) is 22.7 Å². The smallest absolute Gasteiger partial charge is 0.325 e. The predicted molar refractivity (Wildman–Crippen MR) is 70.8 cm³/mol. The van der Waals surface area contributed by atoms with E-state index in [-0.39, 0.29) is 6.42 Å². The molecule has 1 aromatic carbocycles. The van der Waals surface area contributed by atoms with Gasteiger partial charge in [0.25, 0.3) is 0 Å². The molecule has 4 nitrogen and oxygen atoms in total. The highest BCUT2D eigenvalue weighted by Crippen LogP contribution is 2.33. The van der Waals surface area contributed by atoms with Gasteiger partial charge in [0.05, 0.1) is 0 Å². The second-order valence-corrected chi connectivity index (χ2v) is 4.94. The Balaban J connectivity index is 3.57. The Morgan fingerprint density at radius 1 is 1.22 bits per heavy atom. The van der Waals surface area contributed by atoms with Crippen LogP contribution in [-0.2, 0) is 21.4 Å². The molecule has 0 saturated heterocycles. The Labute approximate surface area is 114 Å². The Bertz CT molecular complexity index is 468. The van der Waals surface area contributed by atoms with Crippen molar-refractivity contribution < 1.29 is 19.8 Å². The number of carbonyl (C=O) groups is 2. The molecule has 0 fully saturated rings. The second-order valence-electron chi connectivity index (χ2n) is 4.02. The molecule has 0 saturated carbocycles. The molecule has 1 rings (SSSR count). The van der Waals surface area contributed by atoms with Crippen LogP contribution in [0.5, 0.6) is 0 Å². The van der Waals surface area contributed by atoms with Gasteiger partial charge in [-0.05, 0) is 36.1 Å². The molecule has 0 aromatic heterocycles. The van der Waals surface area contributed by atoms with Gasteiger partial charge in [0.1, 0.15) is 0 Å². The van der Waals surface area contributed by atoms with Crippen LogP contribution in [0.25, 0.3) is 0 Å². The quantitative estimate of drug-likeness (QED) is 0.819. The van der Waals surface area contributed by atoms with E-state index in [1.165, 1.54) is 0 Å². The minimum Gasteiger partial charge on any atom is -0.480 e. The zero-order chi connectivity index (χ0) is 13.9. The van der Waals surface area contributed by atoms with Crippen molar-refractivity contribution in [3.8, 4) is 0 Å². The number of carboxylic acids is 2. The maximum atomic E-state index is 11.5. The van der Waals surface area contributed by atoms with Crippen LogP contribution in [0.3, 0.4) is 0 Å². The lowest BCUT2D eigenvalue weighted by Gasteiger charge is -2.26. The fraction of sp³-hybridized carbons (Fsp3) is 0.385. The van der Waals surface area contributed by atoms with Crippen LogP contribution in [0.4, 0.5) is 0 Å². The summed E-state index contributed by atoms with van der Waals surface area (Å²) >= 11 is 3.30. The number of rotatable bonds is 5. The fourth-order valence-corrected chi connectivity index (χ4v) is 2.49. The normalized spacial score (nSPS) is 11.3. The third kappa shape index (κ3) is 2.27. The zero-order valence-corrected chi connectivity index (χ0v) is 11.8. The molecule has 0 aliphatic heterocycles. The van der Waals surface area contributed by atoms with E-state index in [0.29, 0.717) is 12.0 Å². The Hall–Kier alpha value is -1.36. The van der Waals surface area contributed by atoms with Gasteiger partial charge >= 0.3 is 11.9 Å². The maximum absolute atomic E-state index is 11.5. The van der Waals surface area contributed by atoms with Crippen LogP contribution >= 0.6 is 15.9 Å². The minimum atomic E-state index is -1.87. The van der Waals surface area contributed by atoms with E-state index in [0.717, 1.165) is 10.0 Å². The standard InChI is InChI=1S/C13H15BrO4/c1-3-8-7-9(14)5-6-10(8)13(4-2,11(15)16)12(17)18/h5-7H,3-4H2,1-2H3,(H,15,16)(H,17,18). The number of hydrogen-bond acceptors (Lipinski definition) is 2. The molecule has 0 radical (unpaired) electrons. The number of benzene rings is 1. The molecule has 0 spiro atoms. The molecule has 5 heteroatoms. The van der Waals surface area contributed by atoms with Crippen molar-refractivity contribution in [2.75, 3.05) is 0 Å². The number of hydrogen-bond donors (Lipinski definition) is 2. The number of halogens is 1. The summed E-state index contributed by atoms with van der Waals surface area (Å²) in [5.74, 6) is -2.65. The van der Waals surface area contributed by atoms with E-state index in [1.54, 1.807) is 25.1 Å². The van der Waals surface area contributed by atoms with Crippen molar-refractivity contribution in [3.63, 3.8) is 0 Å². The summed E-state index contributed by atoms with van der Waals surface area (Å²) in [5.41, 5.74) is -0.779. The Kier molecular flexibility index (Phi) is 4.51. The van der Waals surface area contributed by atoms with Crippen molar-refractivity contribution in [2.24, 2.45) is 0 Å². The predicted octanol–water partition coefficient (Wildman–Crippen LogP) is 2.83. The van der Waals surface area contributed by atoms with E-state index < -0.39 is 17.4 Å². The first-order valence-corrected chi connectivity index (χ1v) is 6.45. The summed E-state index contributed by atoms with van der Waals surface area (Å²) < 4.78 is 0.809. The molecular weight excluding hydrogens is 300 g/mol. The van der Waals surface area contributed by atoms with Crippen LogP contribution in [0.1, 0.15) is 31.4 Å². The monoisotopic (exact) mass is 314 g/mol. The molecule has 0 atom stereocenters.